The molecule has 0 aliphatic heterocycles. The van der Waals surface area contributed by atoms with Crippen LogP contribution in [-0.4, -0.2) is 39.0 Å². The Hall–Kier alpha value is -2.41. The molecular weight excluding hydrogens is 308 g/mol. The Bertz CT molecular complexity index is 720. The molecule has 7 nitrogen and oxygen atoms in total. The lowest BCUT2D eigenvalue weighted by Gasteiger charge is -2.38. The van der Waals surface area contributed by atoms with Crippen molar-refractivity contribution in [3.8, 4) is 5.88 Å². The number of pyridine rings is 1. The van der Waals surface area contributed by atoms with Gasteiger partial charge in [0.2, 0.25) is 5.88 Å². The first-order valence-corrected chi connectivity index (χ1v) is 7.97. The minimum absolute atomic E-state index is 0.164. The second-order valence-electron chi connectivity index (χ2n) is 6.27. The Labute approximate surface area is 140 Å². The average Bonchev–Trinajstić information content (AvgIpc) is 2.88. The van der Waals surface area contributed by atoms with E-state index in [0.717, 1.165) is 5.56 Å². The Kier molecular flexibility index (Phi) is 4.53. The van der Waals surface area contributed by atoms with E-state index in [4.69, 9.17) is 4.74 Å². The SMILES string of the molecule is COc1ccc(C(NC(=O)c2cn(C)nc2C)C2CC(O)C2)cn1. The lowest BCUT2D eigenvalue weighted by molar-refractivity contribution is 0.0234. The number of aliphatic hydroxyl groups excluding tert-OH is 1. The number of ether oxygens (including phenoxy) is 1. The average molecular weight is 330 g/mol. The summed E-state index contributed by atoms with van der Waals surface area (Å²) >= 11 is 0. The number of carbonyl (C=O) groups excluding carboxylic acids is 1. The van der Waals surface area contributed by atoms with Gasteiger partial charge in [0.1, 0.15) is 0 Å². The van der Waals surface area contributed by atoms with Gasteiger partial charge in [-0.15, -0.1) is 0 Å². The lowest BCUT2D eigenvalue weighted by Crippen LogP contribution is -2.41. The summed E-state index contributed by atoms with van der Waals surface area (Å²) < 4.78 is 6.71. The molecule has 0 bridgehead atoms. The van der Waals surface area contributed by atoms with Crippen molar-refractivity contribution < 1.29 is 14.6 Å². The van der Waals surface area contributed by atoms with Gasteiger partial charge >= 0.3 is 0 Å². The minimum Gasteiger partial charge on any atom is -0.481 e. The summed E-state index contributed by atoms with van der Waals surface area (Å²) in [6.07, 6.45) is 4.47. The van der Waals surface area contributed by atoms with Crippen LogP contribution in [0.1, 0.15) is 40.5 Å². The standard InChI is InChI=1S/C17H22N4O3/c1-10-14(9-21(2)20-10)17(23)19-16(12-6-13(22)7-12)11-4-5-15(24-3)18-8-11/h4-5,8-9,12-13,16,22H,6-7H2,1-3H3,(H,19,23). The van der Waals surface area contributed by atoms with Crippen LogP contribution in [0.15, 0.2) is 24.5 Å². The summed E-state index contributed by atoms with van der Waals surface area (Å²) in [6, 6.07) is 3.48. The second kappa shape index (κ2) is 6.60. The highest BCUT2D eigenvalue weighted by atomic mass is 16.5. The first-order chi connectivity index (χ1) is 11.5. The molecule has 0 aromatic carbocycles. The van der Waals surface area contributed by atoms with E-state index in [2.05, 4.69) is 15.4 Å². The molecule has 1 aliphatic rings. The van der Waals surface area contributed by atoms with Gasteiger partial charge in [0, 0.05) is 25.5 Å². The molecule has 1 saturated carbocycles. The first kappa shape index (κ1) is 16.4. The quantitative estimate of drug-likeness (QED) is 0.864. The number of methoxy groups -OCH3 is 1. The lowest BCUT2D eigenvalue weighted by atomic mass is 9.75. The molecule has 1 fully saturated rings. The van der Waals surface area contributed by atoms with Crippen molar-refractivity contribution in [3.05, 3.63) is 41.3 Å². The maximum absolute atomic E-state index is 12.6. The Balaban J connectivity index is 1.82. The fourth-order valence-electron chi connectivity index (χ4n) is 3.11. The molecule has 2 aromatic rings. The van der Waals surface area contributed by atoms with Crippen molar-refractivity contribution >= 4 is 5.91 Å². The topological polar surface area (TPSA) is 89.3 Å². The normalized spacial score (nSPS) is 21.0. The van der Waals surface area contributed by atoms with Crippen LogP contribution in [-0.2, 0) is 7.05 Å². The van der Waals surface area contributed by atoms with Crippen LogP contribution in [0.25, 0.3) is 0 Å². The number of hydrogen-bond acceptors (Lipinski definition) is 5. The van der Waals surface area contributed by atoms with Gasteiger partial charge in [0.25, 0.3) is 5.91 Å². The zero-order valence-corrected chi connectivity index (χ0v) is 14.1. The molecule has 128 valence electrons. The number of aromatic nitrogens is 3. The Morgan fingerprint density at radius 2 is 2.21 bits per heavy atom. The smallest absolute Gasteiger partial charge is 0.255 e. The molecule has 24 heavy (non-hydrogen) atoms. The molecule has 0 radical (unpaired) electrons. The maximum Gasteiger partial charge on any atom is 0.255 e. The number of aryl methyl sites for hydroxylation is 2. The van der Waals surface area contributed by atoms with Gasteiger partial charge in [-0.05, 0) is 31.2 Å². The predicted octanol–water partition coefficient (Wildman–Crippen LogP) is 1.37. The van der Waals surface area contributed by atoms with E-state index in [0.29, 0.717) is 30.0 Å². The summed E-state index contributed by atoms with van der Waals surface area (Å²) in [5, 5.41) is 16.9. The zero-order chi connectivity index (χ0) is 17.3. The largest absolute Gasteiger partial charge is 0.481 e. The third-order valence-corrected chi connectivity index (χ3v) is 4.49. The molecule has 1 atom stereocenters. The van der Waals surface area contributed by atoms with Crippen molar-refractivity contribution in [1.82, 2.24) is 20.1 Å². The number of aliphatic hydroxyl groups is 1. The highest BCUT2D eigenvalue weighted by Crippen LogP contribution is 2.38. The van der Waals surface area contributed by atoms with Crippen LogP contribution < -0.4 is 10.1 Å². The van der Waals surface area contributed by atoms with E-state index in [1.54, 1.807) is 37.3 Å². The fourth-order valence-corrected chi connectivity index (χ4v) is 3.11. The number of rotatable bonds is 5. The van der Waals surface area contributed by atoms with Crippen molar-refractivity contribution in [2.75, 3.05) is 7.11 Å². The molecular formula is C17H22N4O3. The van der Waals surface area contributed by atoms with Gasteiger partial charge in [0.05, 0.1) is 30.5 Å². The second-order valence-corrected chi connectivity index (χ2v) is 6.27. The summed E-state index contributed by atoms with van der Waals surface area (Å²) in [6.45, 7) is 1.81. The summed E-state index contributed by atoms with van der Waals surface area (Å²) in [5.74, 6) is 0.555. The van der Waals surface area contributed by atoms with Gasteiger partial charge < -0.3 is 15.2 Å². The van der Waals surface area contributed by atoms with Crippen LogP contribution in [0.5, 0.6) is 5.88 Å². The number of nitrogens with one attached hydrogen (secondary N) is 1. The van der Waals surface area contributed by atoms with Crippen LogP contribution >= 0.6 is 0 Å². The van der Waals surface area contributed by atoms with Crippen LogP contribution in [0.3, 0.4) is 0 Å². The minimum atomic E-state index is -0.291. The molecule has 3 rings (SSSR count). The van der Waals surface area contributed by atoms with E-state index in [-0.39, 0.29) is 24.0 Å². The van der Waals surface area contributed by atoms with Gasteiger partial charge in [0.15, 0.2) is 0 Å². The molecule has 2 N–H and O–H groups in total. The van der Waals surface area contributed by atoms with Gasteiger partial charge in [-0.25, -0.2) is 4.98 Å². The molecule has 1 unspecified atom stereocenters. The fraction of sp³-hybridized carbons (Fsp3) is 0.471. The van der Waals surface area contributed by atoms with Crippen LogP contribution in [0.4, 0.5) is 0 Å². The Morgan fingerprint density at radius 1 is 1.46 bits per heavy atom. The van der Waals surface area contributed by atoms with Crippen LogP contribution in [0.2, 0.25) is 0 Å². The molecule has 1 aliphatic carbocycles. The van der Waals surface area contributed by atoms with E-state index in [1.165, 1.54) is 0 Å². The highest BCUT2D eigenvalue weighted by Gasteiger charge is 2.36. The van der Waals surface area contributed by atoms with Crippen LogP contribution in [0, 0.1) is 12.8 Å². The van der Waals surface area contributed by atoms with Gasteiger partial charge in [-0.2, -0.15) is 5.10 Å². The van der Waals surface area contributed by atoms with Gasteiger partial charge in [-0.3, -0.25) is 9.48 Å². The monoisotopic (exact) mass is 330 g/mol. The predicted molar refractivity (Wildman–Crippen MR) is 87.7 cm³/mol. The number of nitrogens with zero attached hydrogens (tertiary/aromatic N) is 3. The molecule has 7 heteroatoms. The van der Waals surface area contributed by atoms with E-state index >= 15 is 0 Å². The van der Waals surface area contributed by atoms with E-state index < -0.39 is 0 Å². The van der Waals surface area contributed by atoms with Crippen molar-refractivity contribution in [3.63, 3.8) is 0 Å². The third kappa shape index (κ3) is 3.26. The molecule has 2 heterocycles. The summed E-state index contributed by atoms with van der Waals surface area (Å²) in [7, 11) is 3.35. The van der Waals surface area contributed by atoms with Crippen molar-refractivity contribution in [2.45, 2.75) is 31.9 Å². The number of amides is 1. The molecule has 0 spiro atoms. The Morgan fingerprint density at radius 3 is 2.71 bits per heavy atom. The van der Waals surface area contributed by atoms with Gasteiger partial charge in [-0.1, -0.05) is 6.07 Å². The molecule has 0 saturated heterocycles. The maximum atomic E-state index is 12.6. The van der Waals surface area contributed by atoms with Crippen molar-refractivity contribution in [1.29, 1.82) is 0 Å². The zero-order valence-electron chi connectivity index (χ0n) is 14.1. The third-order valence-electron chi connectivity index (χ3n) is 4.49. The molecule has 1 amide bonds. The highest BCUT2D eigenvalue weighted by molar-refractivity contribution is 5.95. The number of hydrogen-bond donors (Lipinski definition) is 2. The van der Waals surface area contributed by atoms with E-state index in [1.807, 2.05) is 13.0 Å². The van der Waals surface area contributed by atoms with Crippen molar-refractivity contribution in [2.24, 2.45) is 13.0 Å². The van der Waals surface area contributed by atoms with E-state index in [9.17, 15) is 9.90 Å². The summed E-state index contributed by atoms with van der Waals surface area (Å²) in [4.78, 5) is 16.9. The number of carbonyl (C=O) groups is 1. The molecule has 2 aromatic heterocycles. The first-order valence-electron chi connectivity index (χ1n) is 7.97. The summed E-state index contributed by atoms with van der Waals surface area (Å²) in [5.41, 5.74) is 2.15.